The maximum atomic E-state index is 13.4. The van der Waals surface area contributed by atoms with E-state index in [0.717, 1.165) is 17.0 Å². The summed E-state index contributed by atoms with van der Waals surface area (Å²) in [6.45, 7) is 6.04. The number of hydrogen-bond donors (Lipinski definition) is 1. The Kier molecular flexibility index (Phi) is 4.80. The lowest BCUT2D eigenvalue weighted by Crippen LogP contribution is -2.35. The van der Waals surface area contributed by atoms with E-state index in [4.69, 9.17) is 0 Å². The van der Waals surface area contributed by atoms with E-state index in [9.17, 15) is 14.0 Å². The number of amides is 2. The second kappa shape index (κ2) is 6.90. The van der Waals surface area contributed by atoms with Crippen LogP contribution in [0, 0.1) is 25.6 Å². The lowest BCUT2D eigenvalue weighted by molar-refractivity contribution is -0.126. The quantitative estimate of drug-likeness (QED) is 0.913. The zero-order chi connectivity index (χ0) is 19.0. The van der Waals surface area contributed by atoms with Crippen molar-refractivity contribution in [3.8, 4) is 0 Å². The number of aromatic nitrogens is 2. The maximum absolute atomic E-state index is 13.4. The Balaban J connectivity index is 1.70. The molecule has 1 fully saturated rings. The Morgan fingerprint density at radius 3 is 2.73 bits per heavy atom. The van der Waals surface area contributed by atoms with Crippen molar-refractivity contribution < 1.29 is 14.0 Å². The van der Waals surface area contributed by atoms with Crippen molar-refractivity contribution in [1.82, 2.24) is 15.1 Å². The molecule has 1 aliphatic heterocycles. The molecular weight excluding hydrogens is 335 g/mol. The minimum absolute atomic E-state index is 0.125. The van der Waals surface area contributed by atoms with Gasteiger partial charge in [0.15, 0.2) is 0 Å². The van der Waals surface area contributed by atoms with Gasteiger partial charge in [-0.3, -0.25) is 14.3 Å². The highest BCUT2D eigenvalue weighted by molar-refractivity contribution is 6.00. The summed E-state index contributed by atoms with van der Waals surface area (Å²) in [5.41, 5.74) is 3.35. The predicted molar refractivity (Wildman–Crippen MR) is 96.1 cm³/mol. The molecule has 0 unspecified atom stereocenters. The first-order valence-electron chi connectivity index (χ1n) is 8.64. The normalized spacial score (nSPS) is 18.3. The Hall–Kier alpha value is -2.70. The van der Waals surface area contributed by atoms with E-state index >= 15 is 0 Å². The number of aryl methyl sites for hydroxylation is 2. The number of carbonyl (C=O) groups is 2. The number of anilines is 1. The molecule has 2 atom stereocenters. The summed E-state index contributed by atoms with van der Waals surface area (Å²) in [6.07, 6.45) is 0.125. The van der Waals surface area contributed by atoms with Crippen molar-refractivity contribution in [2.45, 2.75) is 33.2 Å². The van der Waals surface area contributed by atoms with Crippen molar-refractivity contribution in [3.63, 3.8) is 0 Å². The van der Waals surface area contributed by atoms with Crippen LogP contribution in [0.25, 0.3) is 0 Å². The van der Waals surface area contributed by atoms with Crippen molar-refractivity contribution in [2.75, 3.05) is 11.4 Å². The highest BCUT2D eigenvalue weighted by Crippen LogP contribution is 2.27. The molecule has 0 aliphatic carbocycles. The number of halogens is 1. The van der Waals surface area contributed by atoms with Crippen LogP contribution in [0.5, 0.6) is 0 Å². The molecule has 3 rings (SSSR count). The zero-order valence-electron chi connectivity index (χ0n) is 15.4. The zero-order valence-corrected chi connectivity index (χ0v) is 15.4. The van der Waals surface area contributed by atoms with Crippen LogP contribution in [-0.4, -0.2) is 28.1 Å². The summed E-state index contributed by atoms with van der Waals surface area (Å²) in [4.78, 5) is 26.4. The second-order valence-corrected chi connectivity index (χ2v) is 6.82. The van der Waals surface area contributed by atoms with Gasteiger partial charge in [0.05, 0.1) is 17.7 Å². The number of hydrogen-bond acceptors (Lipinski definition) is 3. The largest absolute Gasteiger partial charge is 0.349 e. The highest BCUT2D eigenvalue weighted by Gasteiger charge is 2.36. The van der Waals surface area contributed by atoms with Crippen LogP contribution in [0.15, 0.2) is 24.3 Å². The standard InChI is InChI=1S/C19H23FN4O2/c1-11(18-12(2)22-23(4)13(18)3)21-19(26)14-8-17(25)24(10-14)16-7-5-6-15(20)9-16/h5-7,9,11,14H,8,10H2,1-4H3,(H,21,26)/t11-,14+/m0/s1. The molecule has 1 aromatic carbocycles. The molecule has 138 valence electrons. The third-order valence-corrected chi connectivity index (χ3v) is 4.97. The average Bonchev–Trinajstić information content (AvgIpc) is 3.07. The highest BCUT2D eigenvalue weighted by atomic mass is 19.1. The number of benzene rings is 1. The van der Waals surface area contributed by atoms with E-state index in [-0.39, 0.29) is 30.8 Å². The minimum atomic E-state index is -0.453. The molecule has 0 spiro atoms. The SMILES string of the molecule is Cc1nn(C)c(C)c1[C@H](C)NC(=O)[C@@H]1CC(=O)N(c2cccc(F)c2)C1. The first-order chi connectivity index (χ1) is 12.3. The van der Waals surface area contributed by atoms with Crippen LogP contribution in [-0.2, 0) is 16.6 Å². The van der Waals surface area contributed by atoms with Crippen molar-refractivity contribution in [1.29, 1.82) is 0 Å². The fraction of sp³-hybridized carbons (Fsp3) is 0.421. The molecule has 1 aromatic heterocycles. The lowest BCUT2D eigenvalue weighted by atomic mass is 10.0. The van der Waals surface area contributed by atoms with E-state index in [2.05, 4.69) is 10.4 Å². The smallest absolute Gasteiger partial charge is 0.227 e. The Labute approximate surface area is 152 Å². The van der Waals surface area contributed by atoms with E-state index < -0.39 is 11.7 Å². The van der Waals surface area contributed by atoms with Crippen LogP contribution < -0.4 is 10.2 Å². The number of nitrogens with zero attached hydrogens (tertiary/aromatic N) is 3. The summed E-state index contributed by atoms with van der Waals surface area (Å²) in [7, 11) is 1.87. The number of rotatable bonds is 4. The van der Waals surface area contributed by atoms with Crippen LogP contribution in [0.4, 0.5) is 10.1 Å². The third kappa shape index (κ3) is 3.34. The number of carbonyl (C=O) groups excluding carboxylic acids is 2. The molecule has 2 aromatic rings. The average molecular weight is 358 g/mol. The molecular formula is C19H23FN4O2. The molecule has 2 amide bonds. The van der Waals surface area contributed by atoms with Crippen LogP contribution in [0.3, 0.4) is 0 Å². The van der Waals surface area contributed by atoms with Gasteiger partial charge in [0.2, 0.25) is 11.8 Å². The topological polar surface area (TPSA) is 67.2 Å². The number of nitrogens with one attached hydrogen (secondary N) is 1. The Bertz CT molecular complexity index is 861. The minimum Gasteiger partial charge on any atom is -0.349 e. The van der Waals surface area contributed by atoms with E-state index in [0.29, 0.717) is 5.69 Å². The molecule has 6 nitrogen and oxygen atoms in total. The summed E-state index contributed by atoms with van der Waals surface area (Å²) in [5.74, 6) is -1.20. The van der Waals surface area contributed by atoms with Gasteiger partial charge in [-0.05, 0) is 39.0 Å². The molecule has 26 heavy (non-hydrogen) atoms. The van der Waals surface area contributed by atoms with Gasteiger partial charge in [-0.15, -0.1) is 0 Å². The first kappa shape index (κ1) is 18.1. The molecule has 1 aliphatic rings. The molecule has 0 radical (unpaired) electrons. The van der Waals surface area contributed by atoms with Gasteiger partial charge in [0, 0.05) is 37.0 Å². The molecule has 0 bridgehead atoms. The predicted octanol–water partition coefficient (Wildman–Crippen LogP) is 2.41. The fourth-order valence-corrected chi connectivity index (χ4v) is 3.60. The second-order valence-electron chi connectivity index (χ2n) is 6.82. The Morgan fingerprint density at radius 1 is 1.38 bits per heavy atom. The summed E-state index contributed by atoms with van der Waals surface area (Å²) in [5, 5.41) is 7.37. The molecule has 0 saturated carbocycles. The van der Waals surface area contributed by atoms with Gasteiger partial charge < -0.3 is 10.2 Å². The van der Waals surface area contributed by atoms with Crippen LogP contribution in [0.1, 0.15) is 36.3 Å². The molecule has 1 saturated heterocycles. The van der Waals surface area contributed by atoms with Crippen LogP contribution >= 0.6 is 0 Å². The van der Waals surface area contributed by atoms with Crippen molar-refractivity contribution in [2.24, 2.45) is 13.0 Å². The molecule has 7 heteroatoms. The van der Waals surface area contributed by atoms with Gasteiger partial charge in [0.1, 0.15) is 5.82 Å². The maximum Gasteiger partial charge on any atom is 0.227 e. The molecule has 1 N–H and O–H groups in total. The van der Waals surface area contributed by atoms with Gasteiger partial charge in [0.25, 0.3) is 0 Å². The first-order valence-corrected chi connectivity index (χ1v) is 8.64. The van der Waals surface area contributed by atoms with Gasteiger partial charge in [-0.25, -0.2) is 4.39 Å². The van der Waals surface area contributed by atoms with Crippen LogP contribution in [0.2, 0.25) is 0 Å². The van der Waals surface area contributed by atoms with Gasteiger partial charge in [-0.2, -0.15) is 5.10 Å². The van der Waals surface area contributed by atoms with Gasteiger partial charge >= 0.3 is 0 Å². The van der Waals surface area contributed by atoms with Crippen molar-refractivity contribution in [3.05, 3.63) is 47.0 Å². The van der Waals surface area contributed by atoms with Gasteiger partial charge in [-0.1, -0.05) is 6.07 Å². The Morgan fingerprint density at radius 2 is 2.12 bits per heavy atom. The lowest BCUT2D eigenvalue weighted by Gasteiger charge is -2.19. The van der Waals surface area contributed by atoms with Crippen molar-refractivity contribution >= 4 is 17.5 Å². The summed E-state index contributed by atoms with van der Waals surface area (Å²) in [6, 6.07) is 5.67. The summed E-state index contributed by atoms with van der Waals surface area (Å²) >= 11 is 0. The fourth-order valence-electron chi connectivity index (χ4n) is 3.60. The molecule has 2 heterocycles. The van der Waals surface area contributed by atoms with E-state index in [1.807, 2.05) is 27.8 Å². The third-order valence-electron chi connectivity index (χ3n) is 4.97. The van der Waals surface area contributed by atoms with E-state index in [1.165, 1.54) is 17.0 Å². The monoisotopic (exact) mass is 358 g/mol. The van der Waals surface area contributed by atoms with E-state index in [1.54, 1.807) is 16.8 Å². The summed E-state index contributed by atoms with van der Waals surface area (Å²) < 4.78 is 15.2.